The first-order valence-electron chi connectivity index (χ1n) is 6.28. The fraction of sp³-hybridized carbons (Fsp3) is 0.400. The highest BCUT2D eigenvalue weighted by molar-refractivity contribution is 6.34. The highest BCUT2D eigenvalue weighted by Gasteiger charge is 2.21. The Bertz CT molecular complexity index is 512. The second-order valence-electron chi connectivity index (χ2n) is 5.45. The number of carbonyl (C=O) groups excluding carboxylic acids is 1. The van der Waals surface area contributed by atoms with Gasteiger partial charge in [0.05, 0.1) is 11.6 Å². The Morgan fingerprint density at radius 1 is 1.25 bits per heavy atom. The SMILES string of the molecule is CC(C(=O)C(=O)O)c1ccc(N=COC(C)(C)C)cc1. The van der Waals surface area contributed by atoms with E-state index >= 15 is 0 Å². The molecule has 1 unspecified atom stereocenters. The summed E-state index contributed by atoms with van der Waals surface area (Å²) in [6, 6.07) is 6.80. The number of rotatable bonds is 5. The van der Waals surface area contributed by atoms with Crippen LogP contribution in [0.5, 0.6) is 0 Å². The van der Waals surface area contributed by atoms with E-state index in [1.54, 1.807) is 31.2 Å². The van der Waals surface area contributed by atoms with Crippen molar-refractivity contribution in [3.63, 3.8) is 0 Å². The normalized spacial score (nSPS) is 13.2. The predicted octanol–water partition coefficient (Wildman–Crippen LogP) is 2.92. The van der Waals surface area contributed by atoms with Crippen LogP contribution < -0.4 is 0 Å². The number of aliphatic imine (C=N–C) groups is 1. The molecule has 1 rings (SSSR count). The monoisotopic (exact) mass is 277 g/mol. The lowest BCUT2D eigenvalue weighted by atomic mass is 9.96. The average Bonchev–Trinajstić information content (AvgIpc) is 2.36. The molecule has 1 N–H and O–H groups in total. The van der Waals surface area contributed by atoms with Crippen LogP contribution in [0.25, 0.3) is 0 Å². The molecule has 0 saturated carbocycles. The zero-order valence-electron chi connectivity index (χ0n) is 12.1. The van der Waals surface area contributed by atoms with E-state index in [2.05, 4.69) is 4.99 Å². The lowest BCUT2D eigenvalue weighted by Gasteiger charge is -2.16. The summed E-state index contributed by atoms with van der Waals surface area (Å²) in [7, 11) is 0. The Kier molecular flexibility index (Phi) is 5.02. The van der Waals surface area contributed by atoms with Gasteiger partial charge in [-0.25, -0.2) is 9.79 Å². The second-order valence-corrected chi connectivity index (χ2v) is 5.45. The molecule has 0 aliphatic rings. The number of aliphatic carboxylic acids is 1. The van der Waals surface area contributed by atoms with Crippen LogP contribution in [0.3, 0.4) is 0 Å². The van der Waals surface area contributed by atoms with Gasteiger partial charge >= 0.3 is 5.97 Å². The standard InChI is InChI=1S/C15H19NO4/c1-10(13(17)14(18)19)11-5-7-12(8-6-11)16-9-20-15(2,3)4/h5-10H,1-4H3,(H,18,19). The number of hydrogen-bond acceptors (Lipinski definition) is 4. The van der Waals surface area contributed by atoms with Crippen molar-refractivity contribution in [1.82, 2.24) is 0 Å². The Labute approximate surface area is 118 Å². The molecule has 0 heterocycles. The van der Waals surface area contributed by atoms with Crippen LogP contribution in [0, 0.1) is 0 Å². The molecular formula is C15H19NO4. The van der Waals surface area contributed by atoms with E-state index in [1.807, 2.05) is 20.8 Å². The molecule has 5 heteroatoms. The lowest BCUT2D eigenvalue weighted by Crippen LogP contribution is -2.19. The molecule has 5 nitrogen and oxygen atoms in total. The Hall–Kier alpha value is -2.17. The van der Waals surface area contributed by atoms with Crippen LogP contribution >= 0.6 is 0 Å². The lowest BCUT2D eigenvalue weighted by molar-refractivity contribution is -0.149. The number of benzene rings is 1. The third kappa shape index (κ3) is 4.84. The average molecular weight is 277 g/mol. The summed E-state index contributed by atoms with van der Waals surface area (Å²) < 4.78 is 5.36. The summed E-state index contributed by atoms with van der Waals surface area (Å²) in [6.07, 6.45) is 1.38. The highest BCUT2D eigenvalue weighted by atomic mass is 16.5. The largest absolute Gasteiger partial charge is 0.478 e. The number of carbonyl (C=O) groups is 2. The molecule has 0 fully saturated rings. The third-order valence-electron chi connectivity index (χ3n) is 2.61. The summed E-state index contributed by atoms with van der Waals surface area (Å²) in [4.78, 5) is 26.1. The van der Waals surface area contributed by atoms with Crippen molar-refractivity contribution in [3.8, 4) is 0 Å². The summed E-state index contributed by atoms with van der Waals surface area (Å²) in [5, 5.41) is 8.67. The van der Waals surface area contributed by atoms with Gasteiger partial charge in [-0.05, 0) is 38.5 Å². The zero-order valence-corrected chi connectivity index (χ0v) is 12.1. The molecule has 0 bridgehead atoms. The topological polar surface area (TPSA) is 76.0 Å². The maximum absolute atomic E-state index is 11.4. The van der Waals surface area contributed by atoms with Gasteiger partial charge in [-0.1, -0.05) is 19.1 Å². The Morgan fingerprint density at radius 2 is 1.80 bits per heavy atom. The van der Waals surface area contributed by atoms with Crippen molar-refractivity contribution in [2.75, 3.05) is 0 Å². The van der Waals surface area contributed by atoms with Crippen molar-refractivity contribution in [3.05, 3.63) is 29.8 Å². The molecule has 1 atom stereocenters. The number of ether oxygens (including phenoxy) is 1. The van der Waals surface area contributed by atoms with Gasteiger partial charge in [-0.3, -0.25) is 4.79 Å². The molecule has 0 radical (unpaired) electrons. The minimum absolute atomic E-state index is 0.300. The van der Waals surface area contributed by atoms with Crippen molar-refractivity contribution < 1.29 is 19.4 Å². The van der Waals surface area contributed by atoms with Crippen LogP contribution in [0.1, 0.15) is 39.2 Å². The molecule has 1 aromatic carbocycles. The van der Waals surface area contributed by atoms with Gasteiger partial charge < -0.3 is 9.84 Å². The van der Waals surface area contributed by atoms with E-state index in [1.165, 1.54) is 6.40 Å². The second kappa shape index (κ2) is 6.32. The van der Waals surface area contributed by atoms with Crippen LogP contribution in [0.15, 0.2) is 29.3 Å². The van der Waals surface area contributed by atoms with Crippen molar-refractivity contribution >= 4 is 23.8 Å². The van der Waals surface area contributed by atoms with Crippen molar-refractivity contribution in [1.29, 1.82) is 0 Å². The number of Topliss-reactive ketones (excluding diaryl/α,β-unsaturated/α-hetero) is 1. The third-order valence-corrected chi connectivity index (χ3v) is 2.61. The first kappa shape index (κ1) is 15.9. The van der Waals surface area contributed by atoms with Crippen LogP contribution in [0.2, 0.25) is 0 Å². The maximum Gasteiger partial charge on any atom is 0.372 e. The number of carboxylic acid groups (broad SMARTS) is 1. The smallest absolute Gasteiger partial charge is 0.372 e. The fourth-order valence-electron chi connectivity index (χ4n) is 1.43. The molecule has 0 amide bonds. The molecule has 108 valence electrons. The van der Waals surface area contributed by atoms with Gasteiger partial charge in [0.2, 0.25) is 5.78 Å². The number of nitrogens with zero attached hydrogens (tertiary/aromatic N) is 1. The molecule has 0 saturated heterocycles. The first-order chi connectivity index (χ1) is 9.20. The summed E-state index contributed by atoms with van der Waals surface area (Å²) in [6.45, 7) is 7.32. The van der Waals surface area contributed by atoms with Gasteiger partial charge in [0.15, 0.2) is 6.40 Å². The summed E-state index contributed by atoms with van der Waals surface area (Å²) >= 11 is 0. The van der Waals surface area contributed by atoms with Crippen LogP contribution in [0.4, 0.5) is 5.69 Å². The summed E-state index contributed by atoms with van der Waals surface area (Å²) in [5.74, 6) is -2.91. The van der Waals surface area contributed by atoms with Gasteiger partial charge in [0, 0.05) is 0 Å². The van der Waals surface area contributed by atoms with Gasteiger partial charge in [-0.15, -0.1) is 0 Å². The zero-order chi connectivity index (χ0) is 15.3. The summed E-state index contributed by atoms with van der Waals surface area (Å²) in [5.41, 5.74) is 1.02. The molecule has 0 spiro atoms. The molecule has 0 aliphatic carbocycles. The van der Waals surface area contributed by atoms with E-state index in [0.717, 1.165) is 0 Å². The minimum atomic E-state index is -1.42. The number of hydrogen-bond donors (Lipinski definition) is 1. The van der Waals surface area contributed by atoms with Crippen LogP contribution in [-0.4, -0.2) is 28.9 Å². The molecule has 0 aliphatic heterocycles. The fourth-order valence-corrected chi connectivity index (χ4v) is 1.43. The molecule has 20 heavy (non-hydrogen) atoms. The quantitative estimate of drug-likeness (QED) is 0.510. The highest BCUT2D eigenvalue weighted by Crippen LogP contribution is 2.20. The van der Waals surface area contributed by atoms with E-state index in [4.69, 9.17) is 9.84 Å². The van der Waals surface area contributed by atoms with Crippen molar-refractivity contribution in [2.45, 2.75) is 39.2 Å². The maximum atomic E-state index is 11.4. The van der Waals surface area contributed by atoms with E-state index in [0.29, 0.717) is 11.3 Å². The van der Waals surface area contributed by atoms with Gasteiger partial charge in [-0.2, -0.15) is 0 Å². The molecule has 1 aromatic rings. The van der Waals surface area contributed by atoms with E-state index in [-0.39, 0.29) is 5.60 Å². The van der Waals surface area contributed by atoms with E-state index < -0.39 is 17.7 Å². The number of carboxylic acids is 1. The Balaban J connectivity index is 2.74. The van der Waals surface area contributed by atoms with Crippen LogP contribution in [-0.2, 0) is 14.3 Å². The minimum Gasteiger partial charge on any atom is -0.478 e. The molecule has 0 aromatic heterocycles. The van der Waals surface area contributed by atoms with Gasteiger partial charge in [0.25, 0.3) is 0 Å². The van der Waals surface area contributed by atoms with Crippen molar-refractivity contribution in [2.24, 2.45) is 4.99 Å². The van der Waals surface area contributed by atoms with Gasteiger partial charge in [0.1, 0.15) is 5.60 Å². The number of ketones is 1. The first-order valence-corrected chi connectivity index (χ1v) is 6.28. The predicted molar refractivity (Wildman–Crippen MR) is 76.5 cm³/mol. The molecular weight excluding hydrogens is 258 g/mol. The Morgan fingerprint density at radius 3 is 2.25 bits per heavy atom. The van der Waals surface area contributed by atoms with E-state index in [9.17, 15) is 9.59 Å².